The van der Waals surface area contributed by atoms with Crippen molar-refractivity contribution >= 4 is 34.0 Å². The molecule has 0 N–H and O–H groups in total. The molecule has 1 fully saturated rings. The third kappa shape index (κ3) is 2.54. The summed E-state index contributed by atoms with van der Waals surface area (Å²) >= 11 is 5.46. The Morgan fingerprint density at radius 3 is 2.55 bits per heavy atom. The van der Waals surface area contributed by atoms with Crippen LogP contribution in [-0.2, 0) is 4.79 Å². The number of hydrogen-bond acceptors (Lipinski definition) is 1. The summed E-state index contributed by atoms with van der Waals surface area (Å²) in [6.07, 6.45) is -4.47. The van der Waals surface area contributed by atoms with E-state index in [0.717, 1.165) is 10.8 Å². The van der Waals surface area contributed by atoms with Crippen LogP contribution in [0.3, 0.4) is 0 Å². The summed E-state index contributed by atoms with van der Waals surface area (Å²) in [4.78, 5) is 13.8. The van der Waals surface area contributed by atoms with Gasteiger partial charge in [-0.05, 0) is 17.9 Å². The van der Waals surface area contributed by atoms with Gasteiger partial charge in [-0.25, -0.2) is 0 Å². The lowest BCUT2D eigenvalue weighted by atomic mass is 10.0. The fourth-order valence-corrected chi connectivity index (χ4v) is 3.12. The van der Waals surface area contributed by atoms with Gasteiger partial charge in [-0.2, -0.15) is 13.2 Å². The van der Waals surface area contributed by atoms with E-state index in [9.17, 15) is 18.0 Å². The number of carbonyl (C=O) groups excluding carboxylic acids is 1. The monoisotopic (exact) mass is 327 g/mol. The second-order valence-corrected chi connectivity index (χ2v) is 5.80. The van der Waals surface area contributed by atoms with Crippen LogP contribution < -0.4 is 4.90 Å². The van der Waals surface area contributed by atoms with Crippen molar-refractivity contribution in [3.8, 4) is 0 Å². The molecule has 6 heteroatoms. The molecule has 2 aromatic carbocycles. The van der Waals surface area contributed by atoms with E-state index >= 15 is 0 Å². The number of carbonyl (C=O) groups is 1. The maximum atomic E-state index is 12.8. The maximum absolute atomic E-state index is 12.8. The van der Waals surface area contributed by atoms with Crippen molar-refractivity contribution in [2.45, 2.75) is 18.0 Å². The molecule has 22 heavy (non-hydrogen) atoms. The zero-order chi connectivity index (χ0) is 15.9. The van der Waals surface area contributed by atoms with Gasteiger partial charge in [-0.3, -0.25) is 4.79 Å². The molecule has 0 bridgehead atoms. The van der Waals surface area contributed by atoms with E-state index in [2.05, 4.69) is 0 Å². The summed E-state index contributed by atoms with van der Waals surface area (Å²) in [5, 5.41) is -0.355. The van der Waals surface area contributed by atoms with Crippen molar-refractivity contribution in [2.24, 2.45) is 5.92 Å². The van der Waals surface area contributed by atoms with Gasteiger partial charge in [0.15, 0.2) is 0 Å². The van der Waals surface area contributed by atoms with Gasteiger partial charge < -0.3 is 4.90 Å². The van der Waals surface area contributed by atoms with Crippen molar-refractivity contribution in [3.63, 3.8) is 0 Å². The highest BCUT2D eigenvalue weighted by Gasteiger charge is 2.49. The molecule has 1 saturated heterocycles. The second kappa shape index (κ2) is 5.47. The Hall–Kier alpha value is -1.75. The fraction of sp³-hybridized carbons (Fsp3) is 0.312. The minimum atomic E-state index is -4.57. The summed E-state index contributed by atoms with van der Waals surface area (Å²) in [6.45, 7) is 0.247. The van der Waals surface area contributed by atoms with Gasteiger partial charge in [-0.1, -0.05) is 36.4 Å². The number of fused-ring (bicyclic) bond motifs is 1. The standard InChI is InChI=1S/C16H13ClF3NO/c17-14(16(18,19)20)12-8-9-21(15(12)22)13-7-3-5-10-4-1-2-6-11(10)13/h1-7,12,14H,8-9H2. The van der Waals surface area contributed by atoms with E-state index < -0.39 is 23.4 Å². The Bertz CT molecular complexity index is 711. The molecule has 1 aliphatic heterocycles. The zero-order valence-electron chi connectivity index (χ0n) is 11.5. The van der Waals surface area contributed by atoms with Crippen LogP contribution in [-0.4, -0.2) is 24.0 Å². The first-order valence-electron chi connectivity index (χ1n) is 6.89. The summed E-state index contributed by atoms with van der Waals surface area (Å²) in [7, 11) is 0. The molecular weight excluding hydrogens is 315 g/mol. The lowest BCUT2D eigenvalue weighted by Crippen LogP contribution is -2.37. The van der Waals surface area contributed by atoms with Crippen molar-refractivity contribution in [3.05, 3.63) is 42.5 Å². The smallest absolute Gasteiger partial charge is 0.311 e. The van der Waals surface area contributed by atoms with Gasteiger partial charge in [0.1, 0.15) is 5.38 Å². The highest BCUT2D eigenvalue weighted by atomic mass is 35.5. The van der Waals surface area contributed by atoms with E-state index in [4.69, 9.17) is 11.6 Å². The average Bonchev–Trinajstić information content (AvgIpc) is 2.86. The molecule has 0 saturated carbocycles. The first-order chi connectivity index (χ1) is 10.4. The van der Waals surface area contributed by atoms with E-state index in [1.165, 1.54) is 4.90 Å². The molecule has 0 aromatic heterocycles. The number of hydrogen-bond donors (Lipinski definition) is 0. The molecular formula is C16H13ClF3NO. The fourth-order valence-electron chi connectivity index (χ4n) is 2.88. The minimum absolute atomic E-state index is 0.107. The normalized spacial score (nSPS) is 20.6. The molecule has 0 spiro atoms. The molecule has 116 valence electrons. The van der Waals surface area contributed by atoms with Crippen LogP contribution in [0, 0.1) is 5.92 Å². The van der Waals surface area contributed by atoms with Crippen LogP contribution in [0.15, 0.2) is 42.5 Å². The van der Waals surface area contributed by atoms with E-state index in [1.807, 2.05) is 30.3 Å². The number of halogens is 4. The summed E-state index contributed by atoms with van der Waals surface area (Å²) < 4.78 is 38.3. The summed E-state index contributed by atoms with van der Waals surface area (Å²) in [5.41, 5.74) is 0.636. The topological polar surface area (TPSA) is 20.3 Å². The number of nitrogens with zero attached hydrogens (tertiary/aromatic N) is 1. The third-order valence-corrected chi connectivity index (χ3v) is 4.52. The predicted octanol–water partition coefficient (Wildman–Crippen LogP) is 4.36. The van der Waals surface area contributed by atoms with Crippen molar-refractivity contribution in [1.82, 2.24) is 0 Å². The second-order valence-electron chi connectivity index (χ2n) is 5.33. The van der Waals surface area contributed by atoms with E-state index in [-0.39, 0.29) is 13.0 Å². The highest BCUT2D eigenvalue weighted by molar-refractivity contribution is 6.23. The van der Waals surface area contributed by atoms with Gasteiger partial charge in [0.25, 0.3) is 0 Å². The number of rotatable bonds is 2. The number of amides is 1. The first kappa shape index (κ1) is 15.2. The SMILES string of the molecule is O=C1C(C(Cl)C(F)(F)F)CCN1c1cccc2ccccc12. The Balaban J connectivity index is 1.95. The van der Waals surface area contributed by atoms with Crippen molar-refractivity contribution < 1.29 is 18.0 Å². The first-order valence-corrected chi connectivity index (χ1v) is 7.33. The third-order valence-electron chi connectivity index (χ3n) is 3.97. The van der Waals surface area contributed by atoms with Crippen LogP contribution in [0.1, 0.15) is 6.42 Å². The van der Waals surface area contributed by atoms with Crippen molar-refractivity contribution in [1.29, 1.82) is 0 Å². The predicted molar refractivity (Wildman–Crippen MR) is 80.1 cm³/mol. The van der Waals surface area contributed by atoms with Crippen LogP contribution in [0.5, 0.6) is 0 Å². The van der Waals surface area contributed by atoms with E-state index in [1.54, 1.807) is 12.1 Å². The van der Waals surface area contributed by atoms with Crippen LogP contribution in [0.2, 0.25) is 0 Å². The Kier molecular flexibility index (Phi) is 3.77. The van der Waals surface area contributed by atoms with Gasteiger partial charge in [0.05, 0.1) is 11.6 Å². The molecule has 1 amide bonds. The van der Waals surface area contributed by atoms with Gasteiger partial charge in [0, 0.05) is 11.9 Å². The number of benzene rings is 2. The van der Waals surface area contributed by atoms with Crippen LogP contribution >= 0.6 is 11.6 Å². The largest absolute Gasteiger partial charge is 0.405 e. The number of alkyl halides is 4. The van der Waals surface area contributed by atoms with E-state index in [0.29, 0.717) is 5.69 Å². The zero-order valence-corrected chi connectivity index (χ0v) is 12.2. The Morgan fingerprint density at radius 1 is 1.14 bits per heavy atom. The molecule has 2 unspecified atom stereocenters. The van der Waals surface area contributed by atoms with Gasteiger partial charge in [-0.15, -0.1) is 11.6 Å². The molecule has 3 rings (SSSR count). The Labute approximate surface area is 130 Å². The molecule has 2 atom stereocenters. The summed E-state index contributed by atoms with van der Waals surface area (Å²) in [5.74, 6) is -1.78. The van der Waals surface area contributed by atoms with Crippen molar-refractivity contribution in [2.75, 3.05) is 11.4 Å². The summed E-state index contributed by atoms with van der Waals surface area (Å²) in [6, 6.07) is 12.9. The average molecular weight is 328 g/mol. The lowest BCUT2D eigenvalue weighted by molar-refractivity contribution is -0.147. The maximum Gasteiger partial charge on any atom is 0.405 e. The van der Waals surface area contributed by atoms with Gasteiger partial charge in [0.2, 0.25) is 5.91 Å². The number of anilines is 1. The quantitative estimate of drug-likeness (QED) is 0.750. The lowest BCUT2D eigenvalue weighted by Gasteiger charge is -2.21. The highest BCUT2D eigenvalue weighted by Crippen LogP contribution is 2.38. The Morgan fingerprint density at radius 2 is 1.82 bits per heavy atom. The van der Waals surface area contributed by atoms with Crippen LogP contribution in [0.25, 0.3) is 10.8 Å². The molecule has 0 radical (unpaired) electrons. The minimum Gasteiger partial charge on any atom is -0.311 e. The van der Waals surface area contributed by atoms with Gasteiger partial charge >= 0.3 is 6.18 Å². The molecule has 1 aliphatic rings. The molecule has 0 aliphatic carbocycles. The molecule has 1 heterocycles. The molecule has 2 nitrogen and oxygen atoms in total. The molecule has 2 aromatic rings. The van der Waals surface area contributed by atoms with Crippen LogP contribution in [0.4, 0.5) is 18.9 Å².